The molecule has 20 heavy (non-hydrogen) atoms. The fourth-order valence-corrected chi connectivity index (χ4v) is 1.11. The van der Waals surface area contributed by atoms with Crippen LogP contribution in [0, 0.1) is 5.41 Å². The fraction of sp³-hybridized carbons (Fsp3) is 0.900. The maximum absolute atomic E-state index is 3.65. The van der Waals surface area contributed by atoms with Gasteiger partial charge in [0.2, 0.25) is 0 Å². The normalized spacial score (nSPS) is 8.15. The van der Waals surface area contributed by atoms with Crippen molar-refractivity contribution in [2.45, 2.75) is 115 Å². The molecule has 0 aromatic heterocycles. The van der Waals surface area contributed by atoms with E-state index < -0.39 is 0 Å². The third-order valence-electron chi connectivity index (χ3n) is 1.96. The molecule has 0 fully saturated rings. The lowest BCUT2D eigenvalue weighted by Crippen LogP contribution is -2.01. The summed E-state index contributed by atoms with van der Waals surface area (Å²) in [5.74, 6) is 0. The molecule has 0 aromatic rings. The van der Waals surface area contributed by atoms with Crippen molar-refractivity contribution in [3.63, 3.8) is 0 Å². The number of hydrogen-bond acceptors (Lipinski definition) is 0. The summed E-state index contributed by atoms with van der Waals surface area (Å²) in [5.41, 5.74) is 0.432. The third kappa shape index (κ3) is 83.0. The van der Waals surface area contributed by atoms with E-state index in [9.17, 15) is 0 Å². The maximum Gasteiger partial charge on any atom is -0.0304 e. The molecule has 128 valence electrons. The minimum absolute atomic E-state index is 0.432. The van der Waals surface area contributed by atoms with E-state index >= 15 is 0 Å². The van der Waals surface area contributed by atoms with Gasteiger partial charge in [0.05, 0.1) is 0 Å². The highest BCUT2D eigenvalue weighted by molar-refractivity contribution is 4.75. The Morgan fingerprint density at radius 3 is 1.10 bits per heavy atom. The van der Waals surface area contributed by atoms with Gasteiger partial charge < -0.3 is 0 Å². The quantitative estimate of drug-likeness (QED) is 0.350. The number of unbranched alkanes of at least 4 members (excludes halogenated alkanes) is 4. The molecular formula is C20H48. The van der Waals surface area contributed by atoms with Crippen LogP contribution in [-0.2, 0) is 0 Å². The SMILES string of the molecule is C=CCC(C)(C)C.CC.CC.CC.CCCCCCC. The number of allylic oxidation sites excluding steroid dienone is 1. The summed E-state index contributed by atoms with van der Waals surface area (Å²) < 4.78 is 0. The molecule has 0 N–H and O–H groups in total. The van der Waals surface area contributed by atoms with Gasteiger partial charge in [-0.2, -0.15) is 0 Å². The predicted octanol–water partition coefficient (Wildman–Crippen LogP) is 8.66. The summed E-state index contributed by atoms with van der Waals surface area (Å²) in [7, 11) is 0. The molecule has 0 bridgehead atoms. The molecule has 0 saturated carbocycles. The van der Waals surface area contributed by atoms with Gasteiger partial charge in [-0.25, -0.2) is 0 Å². The number of rotatable bonds is 5. The van der Waals surface area contributed by atoms with Gasteiger partial charge in [0, 0.05) is 0 Å². The lowest BCUT2D eigenvalue weighted by molar-refractivity contribution is 0.421. The molecule has 0 aliphatic heterocycles. The molecule has 0 heteroatoms. The van der Waals surface area contributed by atoms with E-state index in [1.807, 2.05) is 47.6 Å². The number of hydrogen-bond donors (Lipinski definition) is 0. The second-order valence-electron chi connectivity index (χ2n) is 5.11. The van der Waals surface area contributed by atoms with Crippen LogP contribution in [0.5, 0.6) is 0 Å². The molecule has 0 spiro atoms. The van der Waals surface area contributed by atoms with Crippen LogP contribution in [0.4, 0.5) is 0 Å². The fourth-order valence-electron chi connectivity index (χ4n) is 1.11. The van der Waals surface area contributed by atoms with Crippen LogP contribution >= 0.6 is 0 Å². The van der Waals surface area contributed by atoms with Gasteiger partial charge >= 0.3 is 0 Å². The molecular weight excluding hydrogens is 240 g/mol. The molecule has 0 aliphatic rings. The molecule has 0 nitrogen and oxygen atoms in total. The first-order valence-corrected chi connectivity index (χ1v) is 9.08. The molecule has 0 atom stereocenters. The Balaban J connectivity index is -0.0000000545. The lowest BCUT2D eigenvalue weighted by Gasteiger charge is -2.13. The van der Waals surface area contributed by atoms with Crippen molar-refractivity contribution in [2.24, 2.45) is 5.41 Å². The van der Waals surface area contributed by atoms with Gasteiger partial charge in [-0.15, -0.1) is 6.58 Å². The van der Waals surface area contributed by atoms with Crippen LogP contribution in [0.3, 0.4) is 0 Å². The highest BCUT2D eigenvalue weighted by atomic mass is 14.1. The summed E-state index contributed by atoms with van der Waals surface area (Å²) in [6.45, 7) is 26.7. The Kier molecular flexibility index (Phi) is 58.0. The van der Waals surface area contributed by atoms with E-state index in [1.165, 1.54) is 32.1 Å². The Morgan fingerprint density at radius 2 is 1.00 bits per heavy atom. The first kappa shape index (κ1) is 31.9. The molecule has 0 rings (SSSR count). The van der Waals surface area contributed by atoms with E-state index in [0.717, 1.165) is 6.42 Å². The van der Waals surface area contributed by atoms with Gasteiger partial charge in [0.1, 0.15) is 0 Å². The van der Waals surface area contributed by atoms with Gasteiger partial charge in [-0.3, -0.25) is 0 Å². The average Bonchev–Trinajstić information content (AvgIpc) is 2.45. The summed E-state index contributed by atoms with van der Waals surface area (Å²) in [6.07, 6.45) is 10.1. The van der Waals surface area contributed by atoms with Crippen molar-refractivity contribution < 1.29 is 0 Å². The smallest absolute Gasteiger partial charge is 0.0304 e. The van der Waals surface area contributed by atoms with Crippen LogP contribution in [0.2, 0.25) is 0 Å². The maximum atomic E-state index is 3.65. The van der Waals surface area contributed by atoms with Crippen LogP contribution in [0.1, 0.15) is 115 Å². The molecule has 0 heterocycles. The van der Waals surface area contributed by atoms with Crippen molar-refractivity contribution >= 4 is 0 Å². The highest BCUT2D eigenvalue weighted by Crippen LogP contribution is 2.17. The largest absolute Gasteiger partial charge is 0.103 e. The first-order valence-electron chi connectivity index (χ1n) is 9.08. The Morgan fingerprint density at radius 1 is 0.700 bits per heavy atom. The Bertz CT molecular complexity index is 102. The van der Waals surface area contributed by atoms with Crippen molar-refractivity contribution in [3.05, 3.63) is 12.7 Å². The Hall–Kier alpha value is -0.260. The summed E-state index contributed by atoms with van der Waals surface area (Å²) in [5, 5.41) is 0. The first-order chi connectivity index (χ1) is 9.47. The van der Waals surface area contributed by atoms with Crippen LogP contribution in [-0.4, -0.2) is 0 Å². The van der Waals surface area contributed by atoms with E-state index in [-0.39, 0.29) is 0 Å². The van der Waals surface area contributed by atoms with Gasteiger partial charge in [-0.1, -0.05) is 114 Å². The minimum atomic E-state index is 0.432. The second-order valence-corrected chi connectivity index (χ2v) is 5.11. The monoisotopic (exact) mass is 288 g/mol. The zero-order valence-electron chi connectivity index (χ0n) is 17.0. The topological polar surface area (TPSA) is 0 Å². The summed E-state index contributed by atoms with van der Waals surface area (Å²) in [4.78, 5) is 0. The highest BCUT2D eigenvalue weighted by Gasteiger charge is 2.04. The summed E-state index contributed by atoms with van der Waals surface area (Å²) in [6, 6.07) is 0. The predicted molar refractivity (Wildman–Crippen MR) is 103 cm³/mol. The van der Waals surface area contributed by atoms with Gasteiger partial charge in [0.15, 0.2) is 0 Å². The van der Waals surface area contributed by atoms with Crippen molar-refractivity contribution in [1.82, 2.24) is 0 Å². The second kappa shape index (κ2) is 36.3. The third-order valence-corrected chi connectivity index (χ3v) is 1.96. The molecule has 0 aromatic carbocycles. The van der Waals surface area contributed by atoms with E-state index in [0.29, 0.717) is 5.41 Å². The Labute approximate surface area is 133 Å². The zero-order chi connectivity index (χ0) is 17.4. The van der Waals surface area contributed by atoms with E-state index in [2.05, 4.69) is 41.2 Å². The van der Waals surface area contributed by atoms with E-state index in [4.69, 9.17) is 0 Å². The zero-order valence-corrected chi connectivity index (χ0v) is 17.0. The average molecular weight is 289 g/mol. The van der Waals surface area contributed by atoms with Crippen LogP contribution < -0.4 is 0 Å². The van der Waals surface area contributed by atoms with Crippen LogP contribution in [0.15, 0.2) is 12.7 Å². The minimum Gasteiger partial charge on any atom is -0.103 e. The van der Waals surface area contributed by atoms with E-state index in [1.54, 1.807) is 0 Å². The molecule has 0 unspecified atom stereocenters. The molecule has 0 aliphatic carbocycles. The van der Waals surface area contributed by atoms with Crippen molar-refractivity contribution in [1.29, 1.82) is 0 Å². The van der Waals surface area contributed by atoms with Gasteiger partial charge in [-0.05, 0) is 11.8 Å². The van der Waals surface area contributed by atoms with Crippen molar-refractivity contribution in [2.75, 3.05) is 0 Å². The van der Waals surface area contributed by atoms with Crippen LogP contribution in [0.25, 0.3) is 0 Å². The standard InChI is InChI=1S/C7H14.C7H16.3C2H6/c1-5-6-7(2,3)4;1-3-5-7-6-4-2;3*1-2/h5H,1,6H2,2-4H3;3-7H2,1-2H3;3*1-2H3. The summed E-state index contributed by atoms with van der Waals surface area (Å²) >= 11 is 0. The molecule has 0 radical (unpaired) electrons. The molecule has 0 saturated heterocycles. The molecule has 0 amide bonds. The lowest BCUT2D eigenvalue weighted by atomic mass is 9.93. The van der Waals surface area contributed by atoms with Gasteiger partial charge in [0.25, 0.3) is 0 Å². The van der Waals surface area contributed by atoms with Crippen molar-refractivity contribution in [3.8, 4) is 0 Å².